The van der Waals surface area contributed by atoms with Crippen molar-refractivity contribution in [3.63, 3.8) is 0 Å². The predicted molar refractivity (Wildman–Crippen MR) is 107 cm³/mol. The topological polar surface area (TPSA) is 34.5 Å². The summed E-state index contributed by atoms with van der Waals surface area (Å²) >= 11 is 0. The van der Waals surface area contributed by atoms with E-state index in [-0.39, 0.29) is 23.4 Å². The molecular weight excluding hydrogens is 339 g/mol. The van der Waals surface area contributed by atoms with Gasteiger partial charge in [-0.15, -0.1) is 0 Å². The monoisotopic (exact) mass is 362 g/mol. The van der Waals surface area contributed by atoms with E-state index in [4.69, 9.17) is 9.73 Å². The molecule has 0 bridgehead atoms. The van der Waals surface area contributed by atoms with Crippen molar-refractivity contribution in [2.75, 3.05) is 0 Å². The van der Waals surface area contributed by atoms with Crippen molar-refractivity contribution in [2.24, 2.45) is 10.9 Å². The van der Waals surface area contributed by atoms with Crippen LogP contribution < -0.4 is 0 Å². The number of hydrogen-bond donors (Lipinski definition) is 0. The Balaban J connectivity index is 1.67. The van der Waals surface area contributed by atoms with Crippen molar-refractivity contribution in [3.8, 4) is 0 Å². The highest BCUT2D eigenvalue weighted by atomic mass is 19.1. The molecule has 0 radical (unpaired) electrons. The molecule has 4 heteroatoms. The number of rotatable bonds is 3. The molecule has 27 heavy (non-hydrogen) atoms. The van der Waals surface area contributed by atoms with Crippen LogP contribution in [0.2, 0.25) is 0 Å². The third-order valence-electron chi connectivity index (χ3n) is 5.37. The van der Waals surface area contributed by atoms with Crippen molar-refractivity contribution in [1.82, 2.24) is 4.98 Å². The standard InChI is InChI=1S/C23H23FN2O/c1-15-19(12-16-8-5-4-6-9-16)23(2,3)26-22(27-15)18-13-17-10-7-11-20(24)21(17)25-14-18/h4-11,13-15,19H,12H2,1-3H3/t15-,19?/m0/s1. The van der Waals surface area contributed by atoms with E-state index in [0.29, 0.717) is 11.4 Å². The second-order valence-electron chi connectivity index (χ2n) is 7.73. The van der Waals surface area contributed by atoms with Gasteiger partial charge >= 0.3 is 0 Å². The Morgan fingerprint density at radius 3 is 2.59 bits per heavy atom. The zero-order chi connectivity index (χ0) is 19.0. The van der Waals surface area contributed by atoms with Crippen molar-refractivity contribution in [3.05, 3.63) is 77.7 Å². The summed E-state index contributed by atoms with van der Waals surface area (Å²) < 4.78 is 20.1. The Hall–Kier alpha value is -2.75. The smallest absolute Gasteiger partial charge is 0.218 e. The van der Waals surface area contributed by atoms with Crippen LogP contribution in [-0.2, 0) is 11.2 Å². The summed E-state index contributed by atoms with van der Waals surface area (Å²) in [7, 11) is 0. The van der Waals surface area contributed by atoms with E-state index in [0.717, 1.165) is 17.4 Å². The summed E-state index contributed by atoms with van der Waals surface area (Å²) in [5, 5.41) is 0.746. The van der Waals surface area contributed by atoms with E-state index in [9.17, 15) is 4.39 Å². The van der Waals surface area contributed by atoms with Gasteiger partial charge < -0.3 is 4.74 Å². The average Bonchev–Trinajstić information content (AvgIpc) is 2.65. The highest BCUT2D eigenvalue weighted by Gasteiger charge is 2.39. The van der Waals surface area contributed by atoms with Gasteiger partial charge in [-0.25, -0.2) is 9.38 Å². The Morgan fingerprint density at radius 2 is 1.85 bits per heavy atom. The highest BCUT2D eigenvalue weighted by Crippen LogP contribution is 2.35. The van der Waals surface area contributed by atoms with E-state index in [2.05, 4.69) is 50.0 Å². The van der Waals surface area contributed by atoms with Crippen LogP contribution in [0.5, 0.6) is 0 Å². The van der Waals surface area contributed by atoms with Crippen LogP contribution in [0, 0.1) is 11.7 Å². The fraction of sp³-hybridized carbons (Fsp3) is 0.304. The molecule has 4 rings (SSSR count). The first-order chi connectivity index (χ1) is 12.9. The van der Waals surface area contributed by atoms with E-state index in [1.54, 1.807) is 12.3 Å². The molecular formula is C23H23FN2O. The van der Waals surface area contributed by atoms with Gasteiger partial charge in [-0.3, -0.25) is 4.98 Å². The first-order valence-corrected chi connectivity index (χ1v) is 9.29. The molecule has 1 aromatic heterocycles. The van der Waals surface area contributed by atoms with Crippen LogP contribution >= 0.6 is 0 Å². The van der Waals surface area contributed by atoms with E-state index < -0.39 is 0 Å². The maximum atomic E-state index is 13.9. The van der Waals surface area contributed by atoms with Gasteiger partial charge in [0.25, 0.3) is 0 Å². The number of hydrogen-bond acceptors (Lipinski definition) is 3. The van der Waals surface area contributed by atoms with Gasteiger partial charge in [0.15, 0.2) is 0 Å². The lowest BCUT2D eigenvalue weighted by molar-refractivity contribution is 0.0722. The summed E-state index contributed by atoms with van der Waals surface area (Å²) in [6.07, 6.45) is 2.56. The van der Waals surface area contributed by atoms with Gasteiger partial charge in [-0.1, -0.05) is 42.5 Å². The molecule has 1 aliphatic heterocycles. The molecule has 1 aliphatic rings. The number of halogens is 1. The molecule has 0 N–H and O–H groups in total. The fourth-order valence-electron chi connectivity index (χ4n) is 3.86. The molecule has 0 spiro atoms. The molecule has 2 heterocycles. The van der Waals surface area contributed by atoms with Gasteiger partial charge in [0.05, 0.1) is 11.1 Å². The molecule has 0 fully saturated rings. The Bertz CT molecular complexity index is 998. The maximum absolute atomic E-state index is 13.9. The lowest BCUT2D eigenvalue weighted by atomic mass is 9.79. The van der Waals surface area contributed by atoms with Gasteiger partial charge in [-0.2, -0.15) is 0 Å². The molecule has 0 amide bonds. The van der Waals surface area contributed by atoms with Crippen LogP contribution in [0.25, 0.3) is 10.9 Å². The van der Waals surface area contributed by atoms with Crippen LogP contribution in [0.3, 0.4) is 0 Å². The Kier molecular flexibility index (Phi) is 4.42. The van der Waals surface area contributed by atoms with E-state index >= 15 is 0 Å². The molecule has 1 unspecified atom stereocenters. The van der Waals surface area contributed by atoms with Crippen molar-refractivity contribution < 1.29 is 9.13 Å². The van der Waals surface area contributed by atoms with Crippen molar-refractivity contribution >= 4 is 16.8 Å². The van der Waals surface area contributed by atoms with Crippen LogP contribution in [-0.4, -0.2) is 22.5 Å². The fourth-order valence-corrected chi connectivity index (χ4v) is 3.86. The van der Waals surface area contributed by atoms with Crippen molar-refractivity contribution in [1.29, 1.82) is 0 Å². The van der Waals surface area contributed by atoms with Crippen molar-refractivity contribution in [2.45, 2.75) is 38.8 Å². The molecule has 0 aliphatic carbocycles. The lowest BCUT2D eigenvalue weighted by Gasteiger charge is -2.40. The predicted octanol–water partition coefficient (Wildman–Crippen LogP) is 5.18. The normalized spacial score (nSPS) is 21.6. The molecule has 2 aromatic carbocycles. The second kappa shape index (κ2) is 6.76. The summed E-state index contributed by atoms with van der Waals surface area (Å²) in [4.78, 5) is 9.18. The zero-order valence-electron chi connectivity index (χ0n) is 15.8. The van der Waals surface area contributed by atoms with Crippen LogP contribution in [0.15, 0.2) is 65.8 Å². The number of fused-ring (bicyclic) bond motifs is 1. The number of pyridine rings is 1. The molecule has 3 aromatic rings. The Labute approximate surface area is 158 Å². The van der Waals surface area contributed by atoms with Crippen LogP contribution in [0.1, 0.15) is 31.9 Å². The lowest BCUT2D eigenvalue weighted by Crippen LogP contribution is -2.45. The summed E-state index contributed by atoms with van der Waals surface area (Å²) in [6, 6.07) is 17.3. The number of aromatic nitrogens is 1. The number of benzene rings is 2. The number of aliphatic imine (C=N–C) groups is 1. The molecule has 3 nitrogen and oxygen atoms in total. The minimum Gasteiger partial charge on any atom is -0.474 e. The first-order valence-electron chi connectivity index (χ1n) is 9.29. The number of ether oxygens (including phenoxy) is 1. The van der Waals surface area contributed by atoms with E-state index in [1.807, 2.05) is 18.2 Å². The zero-order valence-corrected chi connectivity index (χ0v) is 15.8. The van der Waals surface area contributed by atoms with Gasteiger partial charge in [-0.05, 0) is 44.9 Å². The summed E-state index contributed by atoms with van der Waals surface area (Å²) in [5.74, 6) is 0.521. The van der Waals surface area contributed by atoms with Gasteiger partial charge in [0.1, 0.15) is 17.4 Å². The minimum atomic E-state index is -0.317. The summed E-state index contributed by atoms with van der Waals surface area (Å²) in [5.41, 5.74) is 2.16. The van der Waals surface area contributed by atoms with Gasteiger partial charge in [0, 0.05) is 17.5 Å². The summed E-state index contributed by atoms with van der Waals surface area (Å²) in [6.45, 7) is 6.39. The second-order valence-corrected chi connectivity index (χ2v) is 7.73. The third kappa shape index (κ3) is 3.44. The Morgan fingerprint density at radius 1 is 1.07 bits per heavy atom. The average molecular weight is 362 g/mol. The molecule has 0 saturated heterocycles. The first kappa shape index (κ1) is 17.7. The molecule has 2 atom stereocenters. The molecule has 0 saturated carbocycles. The third-order valence-corrected chi connectivity index (χ3v) is 5.37. The van der Waals surface area contributed by atoms with E-state index in [1.165, 1.54) is 11.6 Å². The minimum absolute atomic E-state index is 0.0101. The SMILES string of the molecule is C[C@@H]1OC(c2cnc3c(F)cccc3c2)=NC(C)(C)C1Cc1ccccc1. The molecule has 138 valence electrons. The van der Waals surface area contributed by atoms with Gasteiger partial charge in [0.2, 0.25) is 5.90 Å². The highest BCUT2D eigenvalue weighted by molar-refractivity contribution is 5.98. The number of para-hydroxylation sites is 1. The largest absolute Gasteiger partial charge is 0.474 e. The number of nitrogens with zero attached hydrogens (tertiary/aromatic N) is 2. The van der Waals surface area contributed by atoms with Crippen LogP contribution in [0.4, 0.5) is 4.39 Å². The quantitative estimate of drug-likeness (QED) is 0.644. The maximum Gasteiger partial charge on any atom is 0.218 e.